The number of aromatic nitrogens is 1. The number of carboxylic acid groups (broad SMARTS) is 1. The summed E-state index contributed by atoms with van der Waals surface area (Å²) in [7, 11) is 0. The largest absolute Gasteiger partial charge is 0.481 e. The molecule has 0 fully saturated rings. The van der Waals surface area contributed by atoms with E-state index in [1.165, 1.54) is 0 Å². The van der Waals surface area contributed by atoms with Gasteiger partial charge in [-0.2, -0.15) is 0 Å². The number of aryl methyl sites for hydroxylation is 1. The first-order chi connectivity index (χ1) is 6.02. The van der Waals surface area contributed by atoms with Gasteiger partial charge >= 0.3 is 5.97 Å². The first-order valence-electron chi connectivity index (χ1n) is 3.88. The van der Waals surface area contributed by atoms with E-state index in [-0.39, 0.29) is 0 Å². The van der Waals surface area contributed by atoms with Gasteiger partial charge in [0.15, 0.2) is 0 Å². The highest BCUT2D eigenvalue weighted by molar-refractivity contribution is 6.31. The summed E-state index contributed by atoms with van der Waals surface area (Å²) in [6.07, 6.45) is 0. The molecule has 1 heterocycles. The number of carbonyl (C=O) groups is 1. The molecular formula is C9H10ClNO2. The van der Waals surface area contributed by atoms with Crippen molar-refractivity contribution in [3.63, 3.8) is 0 Å². The molecule has 1 unspecified atom stereocenters. The second-order valence-corrected chi connectivity index (χ2v) is 3.27. The second-order valence-electron chi connectivity index (χ2n) is 2.86. The highest BCUT2D eigenvalue weighted by atomic mass is 35.5. The van der Waals surface area contributed by atoms with Crippen molar-refractivity contribution < 1.29 is 9.90 Å². The fraction of sp³-hybridized carbons (Fsp3) is 0.333. The number of hydrogen-bond acceptors (Lipinski definition) is 2. The van der Waals surface area contributed by atoms with Gasteiger partial charge < -0.3 is 5.11 Å². The van der Waals surface area contributed by atoms with Gasteiger partial charge in [0.05, 0.1) is 22.3 Å². The number of carboxylic acids is 1. The minimum absolute atomic E-state index is 0.536. The Hall–Kier alpha value is -1.09. The van der Waals surface area contributed by atoms with Crippen molar-refractivity contribution in [2.24, 2.45) is 0 Å². The molecule has 1 atom stereocenters. The van der Waals surface area contributed by atoms with Crippen molar-refractivity contribution >= 4 is 17.6 Å². The Morgan fingerprint density at radius 3 is 2.69 bits per heavy atom. The van der Waals surface area contributed by atoms with E-state index in [0.29, 0.717) is 16.4 Å². The van der Waals surface area contributed by atoms with Gasteiger partial charge in [0.25, 0.3) is 0 Å². The molecule has 0 saturated carbocycles. The molecule has 0 radical (unpaired) electrons. The van der Waals surface area contributed by atoms with Crippen molar-refractivity contribution in [2.45, 2.75) is 19.8 Å². The fourth-order valence-corrected chi connectivity index (χ4v) is 1.04. The molecule has 70 valence electrons. The topological polar surface area (TPSA) is 50.2 Å². The zero-order valence-electron chi connectivity index (χ0n) is 7.41. The van der Waals surface area contributed by atoms with Gasteiger partial charge in [-0.3, -0.25) is 9.78 Å². The maximum absolute atomic E-state index is 10.6. The van der Waals surface area contributed by atoms with Gasteiger partial charge in [-0.1, -0.05) is 11.6 Å². The molecule has 0 spiro atoms. The average Bonchev–Trinajstić information content (AvgIpc) is 2.08. The highest BCUT2D eigenvalue weighted by Gasteiger charge is 2.15. The third kappa shape index (κ3) is 2.18. The first-order valence-corrected chi connectivity index (χ1v) is 4.26. The molecule has 1 rings (SSSR count). The summed E-state index contributed by atoms with van der Waals surface area (Å²) in [5.41, 5.74) is 1.20. The molecule has 0 aromatic carbocycles. The Morgan fingerprint density at radius 2 is 2.23 bits per heavy atom. The maximum Gasteiger partial charge on any atom is 0.312 e. The van der Waals surface area contributed by atoms with E-state index in [4.69, 9.17) is 16.7 Å². The van der Waals surface area contributed by atoms with Crippen LogP contribution in [0.2, 0.25) is 5.02 Å². The maximum atomic E-state index is 10.6. The van der Waals surface area contributed by atoms with Gasteiger partial charge in [0.1, 0.15) is 0 Å². The van der Waals surface area contributed by atoms with Crippen LogP contribution in [0.25, 0.3) is 0 Å². The summed E-state index contributed by atoms with van der Waals surface area (Å²) in [5, 5.41) is 9.28. The van der Waals surface area contributed by atoms with Crippen LogP contribution in [0.1, 0.15) is 24.2 Å². The SMILES string of the molecule is Cc1nc(C(C)C(=O)O)ccc1Cl. The predicted octanol–water partition coefficient (Wildman–Crippen LogP) is 2.23. The molecule has 3 nitrogen and oxygen atoms in total. The van der Waals surface area contributed by atoms with Crippen LogP contribution in [0.4, 0.5) is 0 Å². The zero-order chi connectivity index (χ0) is 10.0. The molecule has 4 heteroatoms. The van der Waals surface area contributed by atoms with Crippen molar-refractivity contribution in [1.29, 1.82) is 0 Å². The van der Waals surface area contributed by atoms with E-state index >= 15 is 0 Å². The number of hydrogen-bond donors (Lipinski definition) is 1. The molecule has 1 aromatic rings. The number of pyridine rings is 1. The molecule has 0 aliphatic heterocycles. The highest BCUT2D eigenvalue weighted by Crippen LogP contribution is 2.18. The second kappa shape index (κ2) is 3.75. The van der Waals surface area contributed by atoms with Gasteiger partial charge in [-0.25, -0.2) is 0 Å². The van der Waals surface area contributed by atoms with E-state index < -0.39 is 11.9 Å². The van der Waals surface area contributed by atoms with Gasteiger partial charge in [-0.05, 0) is 26.0 Å². The Balaban J connectivity index is 3.03. The number of nitrogens with zero attached hydrogens (tertiary/aromatic N) is 1. The molecular weight excluding hydrogens is 190 g/mol. The third-order valence-electron chi connectivity index (χ3n) is 1.86. The molecule has 13 heavy (non-hydrogen) atoms. The first kappa shape index (κ1) is 9.99. The number of rotatable bonds is 2. The van der Waals surface area contributed by atoms with E-state index in [1.807, 2.05) is 0 Å². The minimum atomic E-state index is -0.880. The van der Waals surface area contributed by atoms with Crippen LogP contribution in [0.15, 0.2) is 12.1 Å². The lowest BCUT2D eigenvalue weighted by molar-refractivity contribution is -0.138. The molecule has 0 bridgehead atoms. The average molecular weight is 200 g/mol. The van der Waals surface area contributed by atoms with Crippen LogP contribution < -0.4 is 0 Å². The smallest absolute Gasteiger partial charge is 0.312 e. The predicted molar refractivity (Wildman–Crippen MR) is 50.0 cm³/mol. The Morgan fingerprint density at radius 1 is 1.62 bits per heavy atom. The Bertz CT molecular complexity index is 338. The number of aliphatic carboxylic acids is 1. The van der Waals surface area contributed by atoms with Crippen molar-refractivity contribution in [2.75, 3.05) is 0 Å². The lowest BCUT2D eigenvalue weighted by atomic mass is 10.1. The monoisotopic (exact) mass is 199 g/mol. The van der Waals surface area contributed by atoms with Gasteiger partial charge in [0, 0.05) is 0 Å². The van der Waals surface area contributed by atoms with Crippen LogP contribution in [0.3, 0.4) is 0 Å². The molecule has 1 N–H and O–H groups in total. The van der Waals surface area contributed by atoms with E-state index in [9.17, 15) is 4.79 Å². The quantitative estimate of drug-likeness (QED) is 0.795. The lowest BCUT2D eigenvalue weighted by Crippen LogP contribution is -2.09. The molecule has 0 amide bonds. The van der Waals surface area contributed by atoms with Crippen molar-refractivity contribution in [3.05, 3.63) is 28.5 Å². The summed E-state index contributed by atoms with van der Waals surface area (Å²) < 4.78 is 0. The van der Waals surface area contributed by atoms with Crippen LogP contribution in [0, 0.1) is 6.92 Å². The summed E-state index contributed by atoms with van der Waals surface area (Å²) in [4.78, 5) is 14.7. The van der Waals surface area contributed by atoms with Crippen LogP contribution in [-0.2, 0) is 4.79 Å². The standard InChI is InChI=1S/C9H10ClNO2/c1-5(9(12)13)8-4-3-7(10)6(2)11-8/h3-5H,1-2H3,(H,12,13). The molecule has 1 aromatic heterocycles. The molecule has 0 aliphatic rings. The van der Waals surface area contributed by atoms with Crippen LogP contribution >= 0.6 is 11.6 Å². The summed E-state index contributed by atoms with van der Waals surface area (Å²) in [6.45, 7) is 3.35. The van der Waals surface area contributed by atoms with Crippen molar-refractivity contribution in [1.82, 2.24) is 4.98 Å². The summed E-state index contributed by atoms with van der Waals surface area (Å²) in [6, 6.07) is 3.30. The van der Waals surface area contributed by atoms with Crippen LogP contribution in [0.5, 0.6) is 0 Å². The zero-order valence-corrected chi connectivity index (χ0v) is 8.17. The number of halogens is 1. The molecule has 0 saturated heterocycles. The normalized spacial score (nSPS) is 12.5. The third-order valence-corrected chi connectivity index (χ3v) is 2.26. The van der Waals surface area contributed by atoms with E-state index in [2.05, 4.69) is 4.98 Å². The van der Waals surface area contributed by atoms with Gasteiger partial charge in [-0.15, -0.1) is 0 Å². The fourth-order valence-electron chi connectivity index (χ4n) is 0.931. The lowest BCUT2D eigenvalue weighted by Gasteiger charge is -2.06. The molecule has 0 aliphatic carbocycles. The summed E-state index contributed by atoms with van der Waals surface area (Å²) in [5.74, 6) is -1.47. The Kier molecular flexibility index (Phi) is 2.88. The Labute approximate surface area is 81.4 Å². The van der Waals surface area contributed by atoms with E-state index in [0.717, 1.165) is 0 Å². The minimum Gasteiger partial charge on any atom is -0.481 e. The van der Waals surface area contributed by atoms with Crippen LogP contribution in [-0.4, -0.2) is 16.1 Å². The van der Waals surface area contributed by atoms with E-state index in [1.54, 1.807) is 26.0 Å². The van der Waals surface area contributed by atoms with Crippen molar-refractivity contribution in [3.8, 4) is 0 Å². The van der Waals surface area contributed by atoms with Gasteiger partial charge in [0.2, 0.25) is 0 Å². The summed E-state index contributed by atoms with van der Waals surface area (Å²) >= 11 is 5.75.